The molecule has 1 aromatic carbocycles. The van der Waals surface area contributed by atoms with E-state index < -0.39 is 14.8 Å². The summed E-state index contributed by atoms with van der Waals surface area (Å²) in [6, 6.07) is 8.80. The molecule has 0 aliphatic rings. The molecule has 25 heavy (non-hydrogen) atoms. The first-order valence-electron chi connectivity index (χ1n) is 7.31. The van der Waals surface area contributed by atoms with Crippen molar-refractivity contribution in [3.05, 3.63) is 53.1 Å². The Hall–Kier alpha value is -1.66. The molecular weight excluding hydrogens is 371 g/mol. The van der Waals surface area contributed by atoms with Crippen LogP contribution in [-0.2, 0) is 15.6 Å². The highest BCUT2D eigenvalue weighted by Crippen LogP contribution is 2.37. The molecule has 2 heterocycles. The predicted molar refractivity (Wildman–Crippen MR) is 93.6 cm³/mol. The molecule has 3 aromatic rings. The van der Waals surface area contributed by atoms with Gasteiger partial charge in [-0.2, -0.15) is 4.98 Å². The first kappa shape index (κ1) is 18.1. The van der Waals surface area contributed by atoms with Gasteiger partial charge in [0.05, 0.1) is 12.2 Å². The Labute approximate surface area is 149 Å². The summed E-state index contributed by atoms with van der Waals surface area (Å²) in [7, 11) is 1.81. The monoisotopic (exact) mass is 385 g/mol. The van der Waals surface area contributed by atoms with E-state index >= 15 is 0 Å². The van der Waals surface area contributed by atoms with Gasteiger partial charge in [0.1, 0.15) is 5.65 Å². The van der Waals surface area contributed by atoms with Crippen molar-refractivity contribution < 1.29 is 17.8 Å². The molecule has 5 nitrogen and oxygen atoms in total. The summed E-state index contributed by atoms with van der Waals surface area (Å²) in [5.41, 5.74) is 1.04. The molecule has 0 radical (unpaired) electrons. The quantitative estimate of drug-likeness (QED) is 0.469. The second-order valence-corrected chi connectivity index (χ2v) is 7.19. The van der Waals surface area contributed by atoms with Crippen molar-refractivity contribution in [3.63, 3.8) is 0 Å². The van der Waals surface area contributed by atoms with E-state index in [4.69, 9.17) is 20.6 Å². The first-order valence-corrected chi connectivity index (χ1v) is 8.86. The van der Waals surface area contributed by atoms with Crippen LogP contribution in [0.15, 0.2) is 36.5 Å². The molecule has 9 heteroatoms. The Balaban J connectivity index is 2.12. The van der Waals surface area contributed by atoms with E-state index in [0.717, 1.165) is 10.9 Å². The number of aromatic nitrogens is 3. The van der Waals surface area contributed by atoms with E-state index in [9.17, 15) is 8.78 Å². The molecule has 0 amide bonds. The normalized spacial score (nSPS) is 11.8. The van der Waals surface area contributed by atoms with Gasteiger partial charge in [-0.15, -0.1) is 0 Å². The van der Waals surface area contributed by atoms with Crippen LogP contribution in [0.25, 0.3) is 11.0 Å². The summed E-state index contributed by atoms with van der Waals surface area (Å²) in [6.45, 7) is 0.193. The lowest BCUT2D eigenvalue weighted by molar-refractivity contribution is 0.142. The fourth-order valence-corrected chi connectivity index (χ4v) is 3.91. The molecule has 0 N–H and O–H groups in total. The topological polar surface area (TPSA) is 49.2 Å². The van der Waals surface area contributed by atoms with Crippen LogP contribution in [0.2, 0.25) is 5.28 Å². The summed E-state index contributed by atoms with van der Waals surface area (Å²) >= 11 is 5.85. The van der Waals surface area contributed by atoms with Crippen molar-refractivity contribution in [1.82, 2.24) is 14.5 Å². The molecule has 3 rings (SSSR count). The minimum atomic E-state index is -2.65. The van der Waals surface area contributed by atoms with Crippen LogP contribution in [0, 0.1) is 0 Å². The van der Waals surface area contributed by atoms with Gasteiger partial charge >= 0.3 is 0 Å². The Morgan fingerprint density at radius 2 is 1.96 bits per heavy atom. The lowest BCUT2D eigenvalue weighted by atomic mass is 10.2. The SMILES string of the molecule is COP(OC)c1ccccc1Cn1c(C(F)F)cc2cnc(Cl)nc21. The molecule has 0 saturated heterocycles. The first-order chi connectivity index (χ1) is 12.0. The van der Waals surface area contributed by atoms with Crippen LogP contribution in [-0.4, -0.2) is 28.8 Å². The summed E-state index contributed by atoms with van der Waals surface area (Å²) in [5, 5.41) is 1.35. The lowest BCUT2D eigenvalue weighted by Crippen LogP contribution is -2.15. The van der Waals surface area contributed by atoms with Crippen LogP contribution in [0.1, 0.15) is 17.7 Å². The van der Waals surface area contributed by atoms with Gasteiger partial charge in [0.25, 0.3) is 6.43 Å². The largest absolute Gasteiger partial charge is 0.334 e. The maximum atomic E-state index is 13.5. The predicted octanol–water partition coefficient (Wildman–Crippen LogP) is 4.30. The van der Waals surface area contributed by atoms with Gasteiger partial charge < -0.3 is 13.6 Å². The van der Waals surface area contributed by atoms with Crippen molar-refractivity contribution in [1.29, 1.82) is 0 Å². The maximum absolute atomic E-state index is 13.5. The third kappa shape index (κ3) is 3.65. The zero-order chi connectivity index (χ0) is 18.0. The van der Waals surface area contributed by atoms with E-state index in [2.05, 4.69) is 9.97 Å². The van der Waals surface area contributed by atoms with Gasteiger partial charge in [0, 0.05) is 31.1 Å². The average Bonchev–Trinajstić information content (AvgIpc) is 2.95. The van der Waals surface area contributed by atoms with Gasteiger partial charge in [-0.1, -0.05) is 18.2 Å². The van der Waals surface area contributed by atoms with E-state index in [1.54, 1.807) is 14.2 Å². The van der Waals surface area contributed by atoms with Crippen molar-refractivity contribution in [2.45, 2.75) is 13.0 Å². The molecule has 0 atom stereocenters. The minimum Gasteiger partial charge on any atom is -0.334 e. The number of fused-ring (bicyclic) bond motifs is 1. The molecule has 0 fully saturated rings. The Kier molecular flexibility index (Phi) is 5.59. The third-order valence-corrected chi connectivity index (χ3v) is 5.38. The van der Waals surface area contributed by atoms with Gasteiger partial charge in [0.2, 0.25) is 13.7 Å². The van der Waals surface area contributed by atoms with Crippen LogP contribution in [0.5, 0.6) is 0 Å². The number of hydrogen-bond acceptors (Lipinski definition) is 4. The second-order valence-electron chi connectivity index (χ2n) is 5.12. The third-order valence-electron chi connectivity index (χ3n) is 3.71. The van der Waals surface area contributed by atoms with Gasteiger partial charge in [-0.05, 0) is 29.3 Å². The summed E-state index contributed by atoms with van der Waals surface area (Å²) in [4.78, 5) is 7.98. The zero-order valence-corrected chi connectivity index (χ0v) is 15.1. The van der Waals surface area contributed by atoms with Gasteiger partial charge in [-0.25, -0.2) is 13.8 Å². The molecule has 2 aromatic heterocycles. The molecule has 0 unspecified atom stereocenters. The van der Waals surface area contributed by atoms with E-state index in [1.807, 2.05) is 24.3 Å². The van der Waals surface area contributed by atoms with Crippen molar-refractivity contribution in [3.8, 4) is 0 Å². The van der Waals surface area contributed by atoms with Gasteiger partial charge in [-0.3, -0.25) is 0 Å². The van der Waals surface area contributed by atoms with E-state index in [0.29, 0.717) is 11.0 Å². The molecule has 0 saturated carbocycles. The van der Waals surface area contributed by atoms with Crippen molar-refractivity contribution >= 4 is 36.3 Å². The number of hydrogen-bond donors (Lipinski definition) is 0. The highest BCUT2D eigenvalue weighted by Gasteiger charge is 2.21. The Bertz CT molecular complexity index is 887. The van der Waals surface area contributed by atoms with Gasteiger partial charge in [0.15, 0.2) is 0 Å². The lowest BCUT2D eigenvalue weighted by Gasteiger charge is -2.18. The van der Waals surface area contributed by atoms with Crippen molar-refractivity contribution in [2.75, 3.05) is 14.2 Å². The molecule has 132 valence electrons. The summed E-state index contributed by atoms with van der Waals surface area (Å²) in [6.07, 6.45) is -1.21. The fraction of sp³-hybridized carbons (Fsp3) is 0.250. The summed E-state index contributed by atoms with van der Waals surface area (Å²) < 4.78 is 39.2. The standard InChI is InChI=1S/C16H15ClF2N3O2P/c1-23-25(24-2)13-6-4-3-5-10(13)9-22-12(14(18)19)7-11-8-20-16(17)21-15(11)22/h3-8,14H,9H2,1-2H3. The molecule has 0 aliphatic heterocycles. The van der Waals surface area contributed by atoms with Crippen molar-refractivity contribution in [2.24, 2.45) is 0 Å². The Morgan fingerprint density at radius 1 is 1.24 bits per heavy atom. The van der Waals surface area contributed by atoms with E-state index in [1.165, 1.54) is 16.8 Å². The van der Waals surface area contributed by atoms with Crippen LogP contribution >= 0.6 is 20.0 Å². The smallest absolute Gasteiger partial charge is 0.278 e. The zero-order valence-electron chi connectivity index (χ0n) is 13.5. The second kappa shape index (κ2) is 7.70. The van der Waals surface area contributed by atoms with E-state index in [-0.39, 0.29) is 17.5 Å². The molecule has 0 bridgehead atoms. The summed E-state index contributed by atoms with van der Waals surface area (Å²) in [5.74, 6) is 0. The molecule has 0 aliphatic carbocycles. The van der Waals surface area contributed by atoms with Crippen LogP contribution in [0.4, 0.5) is 8.78 Å². The maximum Gasteiger partial charge on any atom is 0.278 e. The molecule has 0 spiro atoms. The van der Waals surface area contributed by atoms with Crippen LogP contribution < -0.4 is 5.30 Å². The number of alkyl halides is 2. The number of benzene rings is 1. The average molecular weight is 386 g/mol. The van der Waals surface area contributed by atoms with Crippen LogP contribution in [0.3, 0.4) is 0 Å². The highest BCUT2D eigenvalue weighted by atomic mass is 35.5. The fourth-order valence-electron chi connectivity index (χ4n) is 2.65. The highest BCUT2D eigenvalue weighted by molar-refractivity contribution is 7.56. The minimum absolute atomic E-state index is 0.0111. The number of halogens is 3. The number of rotatable bonds is 6. The number of nitrogens with zero attached hydrogens (tertiary/aromatic N) is 3. The Morgan fingerprint density at radius 3 is 2.64 bits per heavy atom. The molecular formula is C16H15ClF2N3O2P.